The van der Waals surface area contributed by atoms with Crippen molar-refractivity contribution in [2.75, 3.05) is 0 Å². The van der Waals surface area contributed by atoms with Crippen molar-refractivity contribution in [1.29, 1.82) is 0 Å². The Kier molecular flexibility index (Phi) is 3.57. The fourth-order valence-electron chi connectivity index (χ4n) is 1.31. The molecule has 0 radical (unpaired) electrons. The molecule has 0 bridgehead atoms. The van der Waals surface area contributed by atoms with Gasteiger partial charge in [0.2, 0.25) is 0 Å². The standard InChI is InChI=1S/C12H7BrFNO3/c13-7-3-4-8(14)10(6-7)18-9-2-1-5-15-11(9)12(16)17/h1-6H,(H,16,17). The average Bonchev–Trinajstić information content (AvgIpc) is 2.34. The fourth-order valence-corrected chi connectivity index (χ4v) is 1.65. The number of nitrogens with zero attached hydrogens (tertiary/aromatic N) is 1. The van der Waals surface area contributed by atoms with Crippen LogP contribution in [0.1, 0.15) is 10.5 Å². The summed E-state index contributed by atoms with van der Waals surface area (Å²) < 4.78 is 19.3. The van der Waals surface area contributed by atoms with Crippen LogP contribution in [0.15, 0.2) is 41.0 Å². The lowest BCUT2D eigenvalue weighted by atomic mass is 10.3. The van der Waals surface area contributed by atoms with Gasteiger partial charge >= 0.3 is 5.97 Å². The van der Waals surface area contributed by atoms with Crippen LogP contribution in [0.2, 0.25) is 0 Å². The second-order valence-electron chi connectivity index (χ2n) is 3.33. The Morgan fingerprint density at radius 2 is 2.11 bits per heavy atom. The van der Waals surface area contributed by atoms with E-state index >= 15 is 0 Å². The lowest BCUT2D eigenvalue weighted by molar-refractivity contribution is 0.0687. The first kappa shape index (κ1) is 12.5. The molecule has 2 rings (SSSR count). The summed E-state index contributed by atoms with van der Waals surface area (Å²) in [6.45, 7) is 0. The Labute approximate surface area is 110 Å². The van der Waals surface area contributed by atoms with E-state index in [9.17, 15) is 9.18 Å². The summed E-state index contributed by atoms with van der Waals surface area (Å²) in [6.07, 6.45) is 1.33. The zero-order valence-corrected chi connectivity index (χ0v) is 10.5. The predicted octanol–water partition coefficient (Wildman–Crippen LogP) is 3.47. The number of aromatic carboxylic acids is 1. The maximum atomic E-state index is 13.5. The minimum atomic E-state index is -1.24. The molecule has 0 aliphatic heterocycles. The van der Waals surface area contributed by atoms with Crippen LogP contribution in [0.4, 0.5) is 4.39 Å². The predicted molar refractivity (Wildman–Crippen MR) is 65.4 cm³/mol. The SMILES string of the molecule is O=C(O)c1ncccc1Oc1cc(Br)ccc1F. The normalized spacial score (nSPS) is 10.1. The molecule has 1 aromatic heterocycles. The van der Waals surface area contributed by atoms with E-state index in [1.807, 2.05) is 0 Å². The number of hydrogen-bond donors (Lipinski definition) is 1. The Morgan fingerprint density at radius 3 is 2.83 bits per heavy atom. The van der Waals surface area contributed by atoms with Crippen molar-refractivity contribution >= 4 is 21.9 Å². The van der Waals surface area contributed by atoms with Crippen LogP contribution in [0.5, 0.6) is 11.5 Å². The molecule has 4 nitrogen and oxygen atoms in total. The van der Waals surface area contributed by atoms with Crippen LogP contribution in [0.3, 0.4) is 0 Å². The fraction of sp³-hybridized carbons (Fsp3) is 0. The molecule has 1 N–H and O–H groups in total. The molecule has 0 unspecified atom stereocenters. The first-order valence-corrected chi connectivity index (χ1v) is 5.68. The molecule has 0 fully saturated rings. The molecule has 0 aliphatic carbocycles. The van der Waals surface area contributed by atoms with E-state index in [2.05, 4.69) is 20.9 Å². The van der Waals surface area contributed by atoms with E-state index in [4.69, 9.17) is 9.84 Å². The lowest BCUT2D eigenvalue weighted by Crippen LogP contribution is -2.03. The molecule has 6 heteroatoms. The van der Waals surface area contributed by atoms with Gasteiger partial charge in [-0.1, -0.05) is 15.9 Å². The number of hydrogen-bond acceptors (Lipinski definition) is 3. The summed E-state index contributed by atoms with van der Waals surface area (Å²) in [4.78, 5) is 14.6. The second-order valence-corrected chi connectivity index (χ2v) is 4.25. The van der Waals surface area contributed by atoms with E-state index in [1.54, 1.807) is 0 Å². The van der Waals surface area contributed by atoms with Crippen LogP contribution < -0.4 is 4.74 Å². The Balaban J connectivity index is 2.40. The van der Waals surface area contributed by atoms with Gasteiger partial charge in [-0.15, -0.1) is 0 Å². The number of carboxylic acid groups (broad SMARTS) is 1. The highest BCUT2D eigenvalue weighted by molar-refractivity contribution is 9.10. The smallest absolute Gasteiger partial charge is 0.358 e. The lowest BCUT2D eigenvalue weighted by Gasteiger charge is -2.08. The van der Waals surface area contributed by atoms with Crippen LogP contribution in [0.25, 0.3) is 0 Å². The van der Waals surface area contributed by atoms with Gasteiger partial charge in [-0.2, -0.15) is 0 Å². The number of carboxylic acids is 1. The summed E-state index contributed by atoms with van der Waals surface area (Å²) in [5.41, 5.74) is -0.267. The zero-order chi connectivity index (χ0) is 13.1. The maximum absolute atomic E-state index is 13.5. The van der Waals surface area contributed by atoms with Crippen LogP contribution in [-0.2, 0) is 0 Å². The monoisotopic (exact) mass is 311 g/mol. The summed E-state index contributed by atoms with van der Waals surface area (Å²) in [5.74, 6) is -1.90. The van der Waals surface area contributed by atoms with Gasteiger partial charge in [-0.25, -0.2) is 14.2 Å². The molecule has 0 spiro atoms. The number of benzene rings is 1. The molecule has 1 heterocycles. The van der Waals surface area contributed by atoms with Crippen molar-refractivity contribution in [1.82, 2.24) is 4.98 Å². The maximum Gasteiger partial charge on any atom is 0.358 e. The minimum absolute atomic E-state index is 0.0120. The van der Waals surface area contributed by atoms with Gasteiger partial charge in [0.15, 0.2) is 23.0 Å². The number of ether oxygens (including phenoxy) is 1. The van der Waals surface area contributed by atoms with Crippen LogP contribution >= 0.6 is 15.9 Å². The third kappa shape index (κ3) is 2.65. The molecule has 1 aromatic carbocycles. The molecular weight excluding hydrogens is 305 g/mol. The molecule has 0 atom stereocenters. The van der Waals surface area contributed by atoms with Crippen LogP contribution in [-0.4, -0.2) is 16.1 Å². The third-order valence-corrected chi connectivity index (χ3v) is 2.58. The highest BCUT2D eigenvalue weighted by Crippen LogP contribution is 2.28. The average molecular weight is 312 g/mol. The van der Waals surface area contributed by atoms with Crippen LogP contribution in [0, 0.1) is 5.82 Å². The summed E-state index contributed by atoms with van der Waals surface area (Å²) in [5, 5.41) is 8.92. The number of rotatable bonds is 3. The number of halogens is 2. The largest absolute Gasteiger partial charge is 0.476 e. The van der Waals surface area contributed by atoms with E-state index in [1.165, 1.54) is 36.5 Å². The van der Waals surface area contributed by atoms with E-state index in [0.717, 1.165) is 0 Å². The minimum Gasteiger partial charge on any atom is -0.476 e. The zero-order valence-electron chi connectivity index (χ0n) is 8.93. The van der Waals surface area contributed by atoms with E-state index in [0.29, 0.717) is 4.47 Å². The highest BCUT2D eigenvalue weighted by atomic mass is 79.9. The molecular formula is C12H7BrFNO3. The molecule has 18 heavy (non-hydrogen) atoms. The first-order valence-electron chi connectivity index (χ1n) is 4.89. The number of pyridine rings is 1. The first-order chi connectivity index (χ1) is 8.58. The highest BCUT2D eigenvalue weighted by Gasteiger charge is 2.14. The Bertz CT molecular complexity index is 604. The van der Waals surface area contributed by atoms with Gasteiger partial charge < -0.3 is 9.84 Å². The van der Waals surface area contributed by atoms with Crippen molar-refractivity contribution in [3.05, 3.63) is 52.5 Å². The molecule has 92 valence electrons. The van der Waals surface area contributed by atoms with E-state index in [-0.39, 0.29) is 17.2 Å². The topological polar surface area (TPSA) is 59.4 Å². The van der Waals surface area contributed by atoms with Crippen molar-refractivity contribution in [3.63, 3.8) is 0 Å². The molecule has 2 aromatic rings. The van der Waals surface area contributed by atoms with E-state index < -0.39 is 11.8 Å². The van der Waals surface area contributed by atoms with Gasteiger partial charge in [0.25, 0.3) is 0 Å². The van der Waals surface area contributed by atoms with Gasteiger partial charge in [0.05, 0.1) is 0 Å². The summed E-state index contributed by atoms with van der Waals surface area (Å²) in [7, 11) is 0. The third-order valence-electron chi connectivity index (χ3n) is 2.09. The van der Waals surface area contributed by atoms with Crippen molar-refractivity contribution < 1.29 is 19.0 Å². The second kappa shape index (κ2) is 5.14. The van der Waals surface area contributed by atoms with Crippen molar-refractivity contribution in [3.8, 4) is 11.5 Å². The Hall–Kier alpha value is -1.95. The number of aromatic nitrogens is 1. The molecule has 0 aliphatic rings. The van der Waals surface area contributed by atoms with Gasteiger partial charge in [0.1, 0.15) is 0 Å². The quantitative estimate of drug-likeness (QED) is 0.943. The molecule has 0 saturated carbocycles. The summed E-state index contributed by atoms with van der Waals surface area (Å²) in [6, 6.07) is 7.07. The number of carbonyl (C=O) groups is 1. The van der Waals surface area contributed by atoms with Gasteiger partial charge in [0, 0.05) is 10.7 Å². The van der Waals surface area contributed by atoms with Gasteiger partial charge in [-0.3, -0.25) is 0 Å². The Morgan fingerprint density at radius 1 is 1.33 bits per heavy atom. The van der Waals surface area contributed by atoms with Crippen molar-refractivity contribution in [2.24, 2.45) is 0 Å². The molecule has 0 saturated heterocycles. The van der Waals surface area contributed by atoms with Crippen molar-refractivity contribution in [2.45, 2.75) is 0 Å². The van der Waals surface area contributed by atoms with Gasteiger partial charge in [-0.05, 0) is 30.3 Å². The molecule has 0 amide bonds. The summed E-state index contributed by atoms with van der Waals surface area (Å²) >= 11 is 3.18.